The second kappa shape index (κ2) is 5.27. The van der Waals surface area contributed by atoms with Crippen molar-refractivity contribution in [3.05, 3.63) is 29.5 Å². The van der Waals surface area contributed by atoms with E-state index in [4.69, 9.17) is 4.74 Å². The molecule has 2 fully saturated rings. The molecule has 0 amide bonds. The van der Waals surface area contributed by atoms with E-state index in [1.54, 1.807) is 7.11 Å². The summed E-state index contributed by atoms with van der Waals surface area (Å²) in [5.41, 5.74) is 4.26. The molecule has 3 unspecified atom stereocenters. The van der Waals surface area contributed by atoms with Gasteiger partial charge in [-0.05, 0) is 48.8 Å². The van der Waals surface area contributed by atoms with Gasteiger partial charge in [-0.3, -0.25) is 4.90 Å². The number of aromatic amines is 1. The molecule has 1 aromatic heterocycles. The third-order valence-electron chi connectivity index (χ3n) is 6.63. The predicted octanol–water partition coefficient (Wildman–Crippen LogP) is 4.29. The number of fused-ring (bicyclic) bond motifs is 6. The molecule has 2 aliphatic heterocycles. The molecule has 122 valence electrons. The first kappa shape index (κ1) is 13.9. The molecule has 0 spiro atoms. The summed E-state index contributed by atoms with van der Waals surface area (Å²) in [4.78, 5) is 6.52. The molecule has 1 N–H and O–H groups in total. The monoisotopic (exact) mass is 310 g/mol. The van der Waals surface area contributed by atoms with Gasteiger partial charge in [0.15, 0.2) is 0 Å². The summed E-state index contributed by atoms with van der Waals surface area (Å²) >= 11 is 0. The van der Waals surface area contributed by atoms with E-state index in [0.29, 0.717) is 6.04 Å². The van der Waals surface area contributed by atoms with Crippen molar-refractivity contribution >= 4 is 10.9 Å². The summed E-state index contributed by atoms with van der Waals surface area (Å²) in [6.45, 7) is 2.53. The fraction of sp³-hybridized carbons (Fsp3) is 0.600. The Balaban J connectivity index is 1.58. The van der Waals surface area contributed by atoms with Crippen LogP contribution in [-0.4, -0.2) is 30.1 Å². The highest BCUT2D eigenvalue weighted by Crippen LogP contribution is 2.47. The van der Waals surface area contributed by atoms with Gasteiger partial charge in [-0.15, -0.1) is 0 Å². The number of aromatic nitrogens is 1. The van der Waals surface area contributed by atoms with Crippen molar-refractivity contribution in [1.82, 2.24) is 9.88 Å². The van der Waals surface area contributed by atoms with E-state index in [-0.39, 0.29) is 0 Å². The van der Waals surface area contributed by atoms with Crippen molar-refractivity contribution in [2.75, 3.05) is 20.2 Å². The molecule has 1 saturated carbocycles. The van der Waals surface area contributed by atoms with Crippen LogP contribution in [0.4, 0.5) is 0 Å². The van der Waals surface area contributed by atoms with Crippen molar-refractivity contribution in [3.8, 4) is 5.75 Å². The van der Waals surface area contributed by atoms with Crippen LogP contribution in [0, 0.1) is 11.8 Å². The lowest BCUT2D eigenvalue weighted by molar-refractivity contribution is 0.0308. The number of ether oxygens (including phenoxy) is 1. The van der Waals surface area contributed by atoms with Crippen LogP contribution in [0.5, 0.6) is 5.75 Å². The second-order valence-electron chi connectivity index (χ2n) is 7.70. The first-order chi connectivity index (χ1) is 11.3. The smallest absolute Gasteiger partial charge is 0.128 e. The highest BCUT2D eigenvalue weighted by atomic mass is 16.5. The van der Waals surface area contributed by atoms with Gasteiger partial charge >= 0.3 is 0 Å². The molecule has 1 aliphatic carbocycles. The maximum absolute atomic E-state index is 5.64. The van der Waals surface area contributed by atoms with E-state index in [0.717, 1.165) is 24.0 Å². The quantitative estimate of drug-likeness (QED) is 0.851. The second-order valence-corrected chi connectivity index (χ2v) is 7.70. The zero-order valence-electron chi connectivity index (χ0n) is 14.0. The van der Waals surface area contributed by atoms with Crippen molar-refractivity contribution in [2.24, 2.45) is 11.8 Å². The number of hydrogen-bond donors (Lipinski definition) is 1. The summed E-state index contributed by atoms with van der Waals surface area (Å²) in [7, 11) is 1.79. The first-order valence-electron chi connectivity index (χ1n) is 9.26. The third kappa shape index (κ3) is 2.06. The Labute approximate surface area is 138 Å². The number of benzene rings is 1. The van der Waals surface area contributed by atoms with Gasteiger partial charge in [0.05, 0.1) is 13.2 Å². The molecule has 1 aromatic carbocycles. The van der Waals surface area contributed by atoms with Gasteiger partial charge < -0.3 is 9.72 Å². The van der Waals surface area contributed by atoms with Crippen molar-refractivity contribution in [1.29, 1.82) is 0 Å². The summed E-state index contributed by atoms with van der Waals surface area (Å²) in [5, 5.41) is 1.33. The molecule has 3 heterocycles. The van der Waals surface area contributed by atoms with Gasteiger partial charge in [-0.25, -0.2) is 0 Å². The van der Waals surface area contributed by atoms with E-state index < -0.39 is 0 Å². The zero-order chi connectivity index (χ0) is 15.4. The Kier molecular flexibility index (Phi) is 3.19. The molecule has 0 radical (unpaired) electrons. The van der Waals surface area contributed by atoms with Crippen molar-refractivity contribution in [2.45, 2.75) is 44.6 Å². The van der Waals surface area contributed by atoms with Crippen LogP contribution in [0.1, 0.15) is 49.4 Å². The molecule has 1 saturated heterocycles. The van der Waals surface area contributed by atoms with Crippen LogP contribution in [-0.2, 0) is 6.42 Å². The standard InChI is InChI=1S/C20H26N2O/c1-23-18-8-4-7-16-19(18)15-9-10-22-12-14-6-3-2-5-13(14)11-17(22)20(15)21-16/h4,7-8,13-14,17,21H,2-3,5-6,9-12H2,1H3. The number of nitrogens with zero attached hydrogens (tertiary/aromatic N) is 1. The Bertz CT molecular complexity index is 735. The molecule has 5 rings (SSSR count). The van der Waals surface area contributed by atoms with Crippen molar-refractivity contribution < 1.29 is 4.74 Å². The minimum atomic E-state index is 0.607. The average molecular weight is 310 g/mol. The molecule has 0 bridgehead atoms. The largest absolute Gasteiger partial charge is 0.496 e. The topological polar surface area (TPSA) is 28.3 Å². The van der Waals surface area contributed by atoms with E-state index >= 15 is 0 Å². The Hall–Kier alpha value is -1.48. The summed E-state index contributed by atoms with van der Waals surface area (Å²) in [6.07, 6.45) is 8.32. The van der Waals surface area contributed by atoms with Gasteiger partial charge in [0.25, 0.3) is 0 Å². The number of piperidine rings is 1. The fourth-order valence-corrected chi connectivity index (χ4v) is 5.52. The van der Waals surface area contributed by atoms with E-state index in [1.807, 2.05) is 0 Å². The number of rotatable bonds is 1. The van der Waals surface area contributed by atoms with E-state index in [1.165, 1.54) is 67.4 Å². The molecule has 3 aliphatic rings. The third-order valence-corrected chi connectivity index (χ3v) is 6.63. The van der Waals surface area contributed by atoms with E-state index in [9.17, 15) is 0 Å². The lowest BCUT2D eigenvalue weighted by Gasteiger charge is -2.48. The molecular formula is C20H26N2O. The number of nitrogens with one attached hydrogen (secondary N) is 1. The van der Waals surface area contributed by atoms with Crippen LogP contribution in [0.15, 0.2) is 18.2 Å². The predicted molar refractivity (Wildman–Crippen MR) is 92.9 cm³/mol. The van der Waals surface area contributed by atoms with Gasteiger partial charge in [0.1, 0.15) is 5.75 Å². The molecule has 3 atom stereocenters. The van der Waals surface area contributed by atoms with Gasteiger partial charge in [0, 0.05) is 29.7 Å². The highest BCUT2D eigenvalue weighted by Gasteiger charge is 2.40. The lowest BCUT2D eigenvalue weighted by Crippen LogP contribution is -2.46. The molecule has 3 heteroatoms. The summed E-state index contributed by atoms with van der Waals surface area (Å²) < 4.78 is 5.64. The van der Waals surface area contributed by atoms with Gasteiger partial charge in [-0.2, -0.15) is 0 Å². The number of H-pyrrole nitrogens is 1. The normalized spacial score (nSPS) is 30.6. The van der Waals surface area contributed by atoms with Crippen molar-refractivity contribution in [3.63, 3.8) is 0 Å². The van der Waals surface area contributed by atoms with Crippen LogP contribution >= 0.6 is 0 Å². The average Bonchev–Trinajstić information content (AvgIpc) is 2.99. The SMILES string of the molecule is COc1cccc2[nH]c3c(c12)CCN1CC2CCCCC2CC31. The maximum atomic E-state index is 5.64. The molecular weight excluding hydrogens is 284 g/mol. The zero-order valence-corrected chi connectivity index (χ0v) is 14.0. The first-order valence-corrected chi connectivity index (χ1v) is 9.26. The minimum absolute atomic E-state index is 0.607. The molecule has 2 aromatic rings. The molecule has 23 heavy (non-hydrogen) atoms. The Morgan fingerprint density at radius 1 is 1.17 bits per heavy atom. The Morgan fingerprint density at radius 2 is 2.04 bits per heavy atom. The maximum Gasteiger partial charge on any atom is 0.128 e. The van der Waals surface area contributed by atoms with Crippen LogP contribution < -0.4 is 4.74 Å². The summed E-state index contributed by atoms with van der Waals surface area (Å²) in [6, 6.07) is 7.00. The lowest BCUT2D eigenvalue weighted by atomic mass is 9.71. The number of methoxy groups -OCH3 is 1. The van der Waals surface area contributed by atoms with Crippen LogP contribution in [0.3, 0.4) is 0 Å². The number of hydrogen-bond acceptors (Lipinski definition) is 2. The van der Waals surface area contributed by atoms with Crippen LogP contribution in [0.2, 0.25) is 0 Å². The fourth-order valence-electron chi connectivity index (χ4n) is 5.52. The minimum Gasteiger partial charge on any atom is -0.496 e. The summed E-state index contributed by atoms with van der Waals surface area (Å²) in [5.74, 6) is 2.93. The van der Waals surface area contributed by atoms with Gasteiger partial charge in [0.2, 0.25) is 0 Å². The highest BCUT2D eigenvalue weighted by molar-refractivity contribution is 5.91. The van der Waals surface area contributed by atoms with E-state index in [2.05, 4.69) is 28.1 Å². The van der Waals surface area contributed by atoms with Crippen LogP contribution in [0.25, 0.3) is 10.9 Å². The molecule has 3 nitrogen and oxygen atoms in total. The van der Waals surface area contributed by atoms with Gasteiger partial charge in [-0.1, -0.05) is 25.3 Å². The Morgan fingerprint density at radius 3 is 2.91 bits per heavy atom.